The summed E-state index contributed by atoms with van der Waals surface area (Å²) in [6.45, 7) is 0. The standard InChI is InChI=1S/C17H8Cl2O4/c18-13(14(19)17(22)23)10-6-3-7-11-12(10)16(21)9-5-2-1-4-8(9)15(11)20/h1-7H,(H,22,23). The van der Waals surface area contributed by atoms with Crippen molar-refractivity contribution in [1.29, 1.82) is 0 Å². The summed E-state index contributed by atoms with van der Waals surface area (Å²) in [6.07, 6.45) is 0. The maximum absolute atomic E-state index is 12.7. The minimum atomic E-state index is -1.41. The summed E-state index contributed by atoms with van der Waals surface area (Å²) in [7, 11) is 0. The first-order valence-corrected chi connectivity index (χ1v) is 7.29. The number of hydrogen-bond acceptors (Lipinski definition) is 3. The van der Waals surface area contributed by atoms with E-state index in [9.17, 15) is 14.4 Å². The van der Waals surface area contributed by atoms with Gasteiger partial charge in [0.2, 0.25) is 0 Å². The second kappa shape index (κ2) is 5.65. The molecule has 0 saturated heterocycles. The molecule has 2 aromatic carbocycles. The first-order chi connectivity index (χ1) is 10.9. The Labute approximate surface area is 141 Å². The molecule has 0 fully saturated rings. The summed E-state index contributed by atoms with van der Waals surface area (Å²) in [6, 6.07) is 11.0. The lowest BCUT2D eigenvalue weighted by molar-refractivity contribution is -0.131. The van der Waals surface area contributed by atoms with Crippen molar-refractivity contribution in [2.75, 3.05) is 0 Å². The Hall–Kier alpha value is -2.43. The Morgan fingerprint density at radius 3 is 2.00 bits per heavy atom. The number of ketones is 2. The molecule has 1 N–H and O–H groups in total. The summed E-state index contributed by atoms with van der Waals surface area (Å²) < 4.78 is 0. The van der Waals surface area contributed by atoms with E-state index >= 15 is 0 Å². The largest absolute Gasteiger partial charge is 0.477 e. The molecule has 3 rings (SSSR count). The van der Waals surface area contributed by atoms with Crippen LogP contribution in [0.5, 0.6) is 0 Å². The van der Waals surface area contributed by atoms with Crippen molar-refractivity contribution >= 4 is 45.8 Å². The summed E-state index contributed by atoms with van der Waals surface area (Å²) >= 11 is 11.7. The normalized spacial score (nSPS) is 14.0. The third kappa shape index (κ3) is 2.36. The quantitative estimate of drug-likeness (QED) is 0.718. The summed E-state index contributed by atoms with van der Waals surface area (Å²) in [5.41, 5.74) is 0.948. The molecule has 114 valence electrons. The molecule has 0 atom stereocenters. The molecule has 1 aliphatic carbocycles. The van der Waals surface area contributed by atoms with Gasteiger partial charge in [-0.1, -0.05) is 65.7 Å². The summed E-state index contributed by atoms with van der Waals surface area (Å²) in [5, 5.41) is 8.07. The molecular formula is C17H8Cl2O4. The SMILES string of the molecule is O=C(O)C(Cl)=C(Cl)c1cccc2c1C(=O)c1ccccc1C2=O. The Balaban J connectivity index is 2.31. The zero-order valence-electron chi connectivity index (χ0n) is 11.5. The highest BCUT2D eigenvalue weighted by atomic mass is 35.5. The molecule has 4 nitrogen and oxygen atoms in total. The van der Waals surface area contributed by atoms with Crippen LogP contribution in [0.15, 0.2) is 47.5 Å². The van der Waals surface area contributed by atoms with Gasteiger partial charge < -0.3 is 5.11 Å². The number of rotatable bonds is 2. The molecular weight excluding hydrogens is 339 g/mol. The molecule has 0 heterocycles. The van der Waals surface area contributed by atoms with E-state index in [1.54, 1.807) is 24.3 Å². The average molecular weight is 347 g/mol. The number of carbonyl (C=O) groups excluding carboxylic acids is 2. The molecule has 0 aromatic heterocycles. The maximum Gasteiger partial charge on any atom is 0.348 e. The van der Waals surface area contributed by atoms with Crippen molar-refractivity contribution in [3.8, 4) is 0 Å². The minimum Gasteiger partial charge on any atom is -0.477 e. The Morgan fingerprint density at radius 2 is 1.39 bits per heavy atom. The van der Waals surface area contributed by atoms with Crippen molar-refractivity contribution in [2.45, 2.75) is 0 Å². The van der Waals surface area contributed by atoms with E-state index in [2.05, 4.69) is 0 Å². The molecule has 0 aliphatic heterocycles. The fourth-order valence-electron chi connectivity index (χ4n) is 2.54. The highest BCUT2D eigenvalue weighted by molar-refractivity contribution is 6.59. The zero-order valence-corrected chi connectivity index (χ0v) is 13.0. The molecule has 23 heavy (non-hydrogen) atoms. The monoisotopic (exact) mass is 346 g/mol. The fraction of sp³-hybridized carbons (Fsp3) is 0. The number of benzene rings is 2. The van der Waals surface area contributed by atoms with E-state index in [1.165, 1.54) is 18.2 Å². The van der Waals surface area contributed by atoms with E-state index in [0.29, 0.717) is 5.56 Å². The van der Waals surface area contributed by atoms with Crippen LogP contribution in [-0.2, 0) is 4.79 Å². The first-order valence-electron chi connectivity index (χ1n) is 6.54. The van der Waals surface area contributed by atoms with Gasteiger partial charge in [0.1, 0.15) is 5.03 Å². The van der Waals surface area contributed by atoms with Gasteiger partial charge in [0, 0.05) is 27.8 Å². The van der Waals surface area contributed by atoms with Crippen molar-refractivity contribution in [3.63, 3.8) is 0 Å². The molecule has 6 heteroatoms. The van der Waals surface area contributed by atoms with Gasteiger partial charge in [-0.15, -0.1) is 0 Å². The summed E-state index contributed by atoms with van der Waals surface area (Å²) in [4.78, 5) is 36.3. The molecule has 1 aliphatic rings. The number of halogens is 2. The number of carboxylic acid groups (broad SMARTS) is 1. The van der Waals surface area contributed by atoms with Gasteiger partial charge in [0.25, 0.3) is 0 Å². The second-order valence-corrected chi connectivity index (χ2v) is 5.62. The molecule has 0 spiro atoms. The van der Waals surface area contributed by atoms with Gasteiger partial charge in [-0.25, -0.2) is 4.79 Å². The van der Waals surface area contributed by atoms with Gasteiger partial charge in [-0.05, 0) is 0 Å². The van der Waals surface area contributed by atoms with Gasteiger partial charge in [0.05, 0.1) is 5.03 Å². The highest BCUT2D eigenvalue weighted by Crippen LogP contribution is 2.35. The van der Waals surface area contributed by atoms with Crippen LogP contribution >= 0.6 is 23.2 Å². The zero-order chi connectivity index (χ0) is 16.7. The van der Waals surface area contributed by atoms with Crippen molar-refractivity contribution in [2.24, 2.45) is 0 Å². The second-order valence-electron chi connectivity index (χ2n) is 4.87. The van der Waals surface area contributed by atoms with Crippen LogP contribution in [0.1, 0.15) is 37.4 Å². The lowest BCUT2D eigenvalue weighted by atomic mass is 9.82. The van der Waals surface area contributed by atoms with Crippen LogP contribution in [0.25, 0.3) is 5.03 Å². The van der Waals surface area contributed by atoms with Crippen LogP contribution in [0.2, 0.25) is 0 Å². The van der Waals surface area contributed by atoms with Crippen molar-refractivity contribution in [3.05, 3.63) is 75.3 Å². The highest BCUT2D eigenvalue weighted by Gasteiger charge is 2.32. The predicted molar refractivity (Wildman–Crippen MR) is 86.0 cm³/mol. The topological polar surface area (TPSA) is 71.4 Å². The maximum atomic E-state index is 12.7. The third-order valence-corrected chi connectivity index (χ3v) is 4.41. The minimum absolute atomic E-state index is 0.0700. The Bertz CT molecular complexity index is 913. The number of fused-ring (bicyclic) bond motifs is 2. The fourth-order valence-corrected chi connectivity index (χ4v) is 2.88. The van der Waals surface area contributed by atoms with E-state index in [0.717, 1.165) is 0 Å². The first kappa shape index (κ1) is 15.5. The number of aliphatic carboxylic acids is 1. The van der Waals surface area contributed by atoms with E-state index in [1.807, 2.05) is 0 Å². The van der Waals surface area contributed by atoms with Crippen molar-refractivity contribution < 1.29 is 19.5 Å². The van der Waals surface area contributed by atoms with Gasteiger partial charge in [-0.3, -0.25) is 9.59 Å². The Kier molecular flexibility index (Phi) is 3.80. The van der Waals surface area contributed by atoms with E-state index in [4.69, 9.17) is 28.3 Å². The van der Waals surface area contributed by atoms with Crippen molar-refractivity contribution in [1.82, 2.24) is 0 Å². The number of carbonyl (C=O) groups is 3. The third-order valence-electron chi connectivity index (χ3n) is 3.57. The lowest BCUT2D eigenvalue weighted by Gasteiger charge is -2.20. The number of hydrogen-bond donors (Lipinski definition) is 1. The van der Waals surface area contributed by atoms with Gasteiger partial charge >= 0.3 is 5.97 Å². The Morgan fingerprint density at radius 1 is 0.826 bits per heavy atom. The molecule has 0 radical (unpaired) electrons. The average Bonchev–Trinajstić information content (AvgIpc) is 2.57. The molecule has 0 unspecified atom stereocenters. The molecule has 2 aromatic rings. The predicted octanol–water partition coefficient (Wildman–Crippen LogP) is 3.69. The van der Waals surface area contributed by atoms with Crippen LogP contribution in [0.3, 0.4) is 0 Å². The van der Waals surface area contributed by atoms with Crippen LogP contribution in [-0.4, -0.2) is 22.6 Å². The number of carboxylic acids is 1. The lowest BCUT2D eigenvalue weighted by Crippen LogP contribution is -2.22. The van der Waals surface area contributed by atoms with Crippen LogP contribution in [0.4, 0.5) is 0 Å². The van der Waals surface area contributed by atoms with Gasteiger partial charge in [-0.2, -0.15) is 0 Å². The smallest absolute Gasteiger partial charge is 0.348 e. The molecule has 0 bridgehead atoms. The molecule has 0 saturated carbocycles. The van der Waals surface area contributed by atoms with Crippen LogP contribution in [0, 0.1) is 0 Å². The summed E-state index contributed by atoms with van der Waals surface area (Å²) in [5.74, 6) is -2.11. The van der Waals surface area contributed by atoms with E-state index in [-0.39, 0.29) is 38.9 Å². The van der Waals surface area contributed by atoms with E-state index < -0.39 is 11.0 Å². The molecule has 0 amide bonds. The van der Waals surface area contributed by atoms with Gasteiger partial charge in [0.15, 0.2) is 11.6 Å². The van der Waals surface area contributed by atoms with Crippen LogP contribution < -0.4 is 0 Å².